The Hall–Kier alpha value is -0.160. The quantitative estimate of drug-likeness (QED) is 0.459. The van der Waals surface area contributed by atoms with Crippen LogP contribution in [0.25, 0.3) is 0 Å². The molecular weight excluding hydrogens is 230 g/mol. The van der Waals surface area contributed by atoms with Gasteiger partial charge in [-0.1, -0.05) is 20.3 Å². The fourth-order valence-corrected chi connectivity index (χ4v) is 1.39. The highest BCUT2D eigenvalue weighted by Crippen LogP contribution is 1.88. The molecule has 0 rings (SSSR count). The molecule has 0 atom stereocenters. The van der Waals surface area contributed by atoms with Crippen LogP contribution >= 0.6 is 0 Å². The molecule has 18 heavy (non-hydrogen) atoms. The highest BCUT2D eigenvalue weighted by atomic mass is 16.5. The molecule has 0 amide bonds. The zero-order chi connectivity index (χ0) is 13.3. The molecule has 0 saturated heterocycles. The molecule has 110 valence electrons. The van der Waals surface area contributed by atoms with Crippen molar-refractivity contribution in [2.45, 2.75) is 39.5 Å². The average molecular weight is 261 g/mol. The molecular formula is C14H31NO3. The van der Waals surface area contributed by atoms with E-state index in [2.05, 4.69) is 19.2 Å². The van der Waals surface area contributed by atoms with Crippen LogP contribution < -0.4 is 5.32 Å². The van der Waals surface area contributed by atoms with Crippen molar-refractivity contribution < 1.29 is 14.2 Å². The first-order chi connectivity index (χ1) is 8.91. The highest BCUT2D eigenvalue weighted by molar-refractivity contribution is 4.45. The minimum absolute atomic E-state index is 0.666. The Morgan fingerprint density at radius 3 is 1.72 bits per heavy atom. The van der Waals surface area contributed by atoms with E-state index in [0.717, 1.165) is 39.1 Å². The monoisotopic (exact) mass is 261 g/mol. The van der Waals surface area contributed by atoms with E-state index in [1.54, 1.807) is 0 Å². The van der Waals surface area contributed by atoms with Crippen molar-refractivity contribution in [1.82, 2.24) is 5.32 Å². The molecule has 0 radical (unpaired) electrons. The van der Waals surface area contributed by atoms with Crippen LogP contribution in [0, 0.1) is 0 Å². The van der Waals surface area contributed by atoms with Gasteiger partial charge in [0, 0.05) is 13.2 Å². The predicted molar refractivity (Wildman–Crippen MR) is 75.1 cm³/mol. The van der Waals surface area contributed by atoms with Gasteiger partial charge in [-0.25, -0.2) is 0 Å². The molecule has 4 nitrogen and oxygen atoms in total. The smallest absolute Gasteiger partial charge is 0.0701 e. The average Bonchev–Trinajstić information content (AvgIpc) is 2.39. The molecule has 0 aromatic heterocycles. The summed E-state index contributed by atoms with van der Waals surface area (Å²) >= 11 is 0. The van der Waals surface area contributed by atoms with E-state index in [4.69, 9.17) is 14.2 Å². The molecule has 0 heterocycles. The van der Waals surface area contributed by atoms with Gasteiger partial charge in [-0.3, -0.25) is 0 Å². The van der Waals surface area contributed by atoms with Gasteiger partial charge >= 0.3 is 0 Å². The van der Waals surface area contributed by atoms with Gasteiger partial charge in [-0.15, -0.1) is 0 Å². The third kappa shape index (κ3) is 15.8. The molecule has 0 saturated carbocycles. The molecule has 4 heteroatoms. The second-order valence-electron chi connectivity index (χ2n) is 4.29. The SMILES string of the molecule is CCCCOCCOCCOCCCNCCC. The summed E-state index contributed by atoms with van der Waals surface area (Å²) in [5, 5.41) is 3.34. The van der Waals surface area contributed by atoms with E-state index < -0.39 is 0 Å². The normalized spacial score (nSPS) is 11.0. The molecule has 0 aromatic rings. The van der Waals surface area contributed by atoms with Crippen LogP contribution in [0.3, 0.4) is 0 Å². The molecule has 0 aliphatic rings. The first kappa shape index (κ1) is 17.8. The van der Waals surface area contributed by atoms with Crippen molar-refractivity contribution in [3.05, 3.63) is 0 Å². The minimum atomic E-state index is 0.666. The molecule has 0 spiro atoms. The molecule has 0 aliphatic carbocycles. The predicted octanol–water partition coefficient (Wildman–Crippen LogP) is 2.23. The van der Waals surface area contributed by atoms with Crippen LogP contribution in [-0.4, -0.2) is 52.7 Å². The standard InChI is InChI=1S/C14H31NO3/c1-3-5-9-16-11-13-18-14-12-17-10-6-8-15-7-4-2/h15H,3-14H2,1-2H3. The number of unbranched alkanes of at least 4 members (excludes halogenated alkanes) is 1. The van der Waals surface area contributed by atoms with Crippen LogP contribution in [0.4, 0.5) is 0 Å². The maximum absolute atomic E-state index is 5.45. The number of rotatable bonds is 15. The van der Waals surface area contributed by atoms with Gasteiger partial charge in [0.1, 0.15) is 0 Å². The second kappa shape index (κ2) is 16.8. The lowest BCUT2D eigenvalue weighted by Crippen LogP contribution is -2.18. The van der Waals surface area contributed by atoms with E-state index in [1.165, 1.54) is 12.8 Å². The van der Waals surface area contributed by atoms with Crippen molar-refractivity contribution in [2.24, 2.45) is 0 Å². The van der Waals surface area contributed by atoms with Gasteiger partial charge < -0.3 is 19.5 Å². The van der Waals surface area contributed by atoms with E-state index in [0.29, 0.717) is 26.4 Å². The van der Waals surface area contributed by atoms with Gasteiger partial charge in [0.2, 0.25) is 0 Å². The summed E-state index contributed by atoms with van der Waals surface area (Å²) in [5.74, 6) is 0. The van der Waals surface area contributed by atoms with E-state index >= 15 is 0 Å². The van der Waals surface area contributed by atoms with Gasteiger partial charge in [-0.05, 0) is 32.4 Å². The summed E-state index contributed by atoms with van der Waals surface area (Å²) in [5.41, 5.74) is 0. The summed E-state index contributed by atoms with van der Waals surface area (Å²) < 4.78 is 16.2. The molecule has 1 N–H and O–H groups in total. The van der Waals surface area contributed by atoms with Gasteiger partial charge in [0.05, 0.1) is 26.4 Å². The Balaban J connectivity index is 2.86. The Bertz CT molecular complexity index is 129. The van der Waals surface area contributed by atoms with Crippen molar-refractivity contribution in [1.29, 1.82) is 0 Å². The zero-order valence-corrected chi connectivity index (χ0v) is 12.2. The second-order valence-corrected chi connectivity index (χ2v) is 4.29. The van der Waals surface area contributed by atoms with Crippen molar-refractivity contribution in [3.8, 4) is 0 Å². The topological polar surface area (TPSA) is 39.7 Å². The first-order valence-corrected chi connectivity index (χ1v) is 7.35. The third-order valence-corrected chi connectivity index (χ3v) is 2.46. The van der Waals surface area contributed by atoms with Gasteiger partial charge in [-0.2, -0.15) is 0 Å². The van der Waals surface area contributed by atoms with E-state index in [-0.39, 0.29) is 0 Å². The summed E-state index contributed by atoms with van der Waals surface area (Å²) in [6, 6.07) is 0. The highest BCUT2D eigenvalue weighted by Gasteiger charge is 1.92. The lowest BCUT2D eigenvalue weighted by atomic mass is 10.4. The van der Waals surface area contributed by atoms with Crippen LogP contribution in [0.15, 0.2) is 0 Å². The molecule has 0 aliphatic heterocycles. The molecule has 0 unspecified atom stereocenters. The Morgan fingerprint density at radius 2 is 1.17 bits per heavy atom. The van der Waals surface area contributed by atoms with Crippen molar-refractivity contribution in [3.63, 3.8) is 0 Å². The maximum atomic E-state index is 5.45. The summed E-state index contributed by atoms with van der Waals surface area (Å²) in [6.07, 6.45) is 4.58. The summed E-state index contributed by atoms with van der Waals surface area (Å²) in [4.78, 5) is 0. The number of hydrogen-bond acceptors (Lipinski definition) is 4. The van der Waals surface area contributed by atoms with Crippen LogP contribution in [0.2, 0.25) is 0 Å². The fourth-order valence-electron chi connectivity index (χ4n) is 1.39. The van der Waals surface area contributed by atoms with Crippen LogP contribution in [0.1, 0.15) is 39.5 Å². The van der Waals surface area contributed by atoms with Gasteiger partial charge in [0.25, 0.3) is 0 Å². The lowest BCUT2D eigenvalue weighted by Gasteiger charge is -2.07. The lowest BCUT2D eigenvalue weighted by molar-refractivity contribution is 0.0137. The largest absolute Gasteiger partial charge is 0.379 e. The Labute approximate surface area is 112 Å². The fraction of sp³-hybridized carbons (Fsp3) is 1.00. The van der Waals surface area contributed by atoms with Crippen molar-refractivity contribution >= 4 is 0 Å². The molecule has 0 fully saturated rings. The third-order valence-electron chi connectivity index (χ3n) is 2.46. The summed E-state index contributed by atoms with van der Waals surface area (Å²) in [7, 11) is 0. The Kier molecular flexibility index (Phi) is 16.7. The molecule has 0 aromatic carbocycles. The Morgan fingerprint density at radius 1 is 0.611 bits per heavy atom. The number of ether oxygens (including phenoxy) is 3. The van der Waals surface area contributed by atoms with E-state index in [9.17, 15) is 0 Å². The van der Waals surface area contributed by atoms with Crippen LogP contribution in [0.5, 0.6) is 0 Å². The number of nitrogens with one attached hydrogen (secondary N) is 1. The van der Waals surface area contributed by atoms with E-state index in [1.807, 2.05) is 0 Å². The first-order valence-electron chi connectivity index (χ1n) is 7.35. The van der Waals surface area contributed by atoms with Gasteiger partial charge in [0.15, 0.2) is 0 Å². The summed E-state index contributed by atoms with van der Waals surface area (Å²) in [6.45, 7) is 10.9. The van der Waals surface area contributed by atoms with Crippen LogP contribution in [-0.2, 0) is 14.2 Å². The maximum Gasteiger partial charge on any atom is 0.0701 e. The zero-order valence-electron chi connectivity index (χ0n) is 12.2. The minimum Gasteiger partial charge on any atom is -0.379 e. The number of hydrogen-bond donors (Lipinski definition) is 1. The van der Waals surface area contributed by atoms with Crippen molar-refractivity contribution in [2.75, 3.05) is 52.7 Å². The molecule has 0 bridgehead atoms.